The highest BCUT2D eigenvalue weighted by Crippen LogP contribution is 2.30. The first kappa shape index (κ1) is 26.2. The zero-order valence-corrected chi connectivity index (χ0v) is 20.1. The molecule has 2 aliphatic rings. The Morgan fingerprint density at radius 1 is 1.14 bits per heavy atom. The van der Waals surface area contributed by atoms with Gasteiger partial charge in [0.25, 0.3) is 5.91 Å². The number of carboxylic acid groups (broad SMARTS) is 1. The zero-order chi connectivity index (χ0) is 26.1. The minimum absolute atomic E-state index is 0.0225. The van der Waals surface area contributed by atoms with Gasteiger partial charge in [0.15, 0.2) is 0 Å². The molecule has 192 valence electrons. The van der Waals surface area contributed by atoms with Crippen LogP contribution >= 0.6 is 0 Å². The molecule has 2 aliphatic heterocycles. The standard InChI is InChI=1S/C20H27N5O9S/c1-20(2,3)24(19(29)30)13-6-4-12(5-7-13)10-16(26)21-22-17(27)15-9-8-14-11-23(15)18(28)25(14)34-35(31,32)33/h4-7,14-15H,8-11H2,1-3H3,(H,21,26)(H,22,27)(H,29,30)(H,31,32,33)/t14-,15+/m1/s1. The van der Waals surface area contributed by atoms with Gasteiger partial charge in [-0.2, -0.15) is 13.5 Å². The molecule has 3 rings (SSSR count). The SMILES string of the molecule is CC(C)(C)N(C(=O)O)c1ccc(CC(=O)NNC(=O)[C@@H]2CC[C@@H]3CN2C(=O)N3OS(=O)(=O)O)cc1. The molecule has 35 heavy (non-hydrogen) atoms. The second-order valence-corrected chi connectivity index (χ2v) is 10.2. The number of benzene rings is 1. The first-order valence-electron chi connectivity index (χ1n) is 10.6. The van der Waals surface area contributed by atoms with E-state index in [2.05, 4.69) is 15.1 Å². The highest BCUT2D eigenvalue weighted by Gasteiger charge is 2.49. The number of fused-ring (bicyclic) bond motifs is 2. The second-order valence-electron chi connectivity index (χ2n) is 9.18. The van der Waals surface area contributed by atoms with Crippen LogP contribution in [0.1, 0.15) is 39.2 Å². The Morgan fingerprint density at radius 2 is 1.77 bits per heavy atom. The number of carbonyl (C=O) groups is 4. The number of nitrogens with one attached hydrogen (secondary N) is 2. The van der Waals surface area contributed by atoms with E-state index in [-0.39, 0.29) is 25.8 Å². The molecule has 2 bridgehead atoms. The fourth-order valence-electron chi connectivity index (χ4n) is 4.10. The van der Waals surface area contributed by atoms with E-state index in [0.717, 1.165) is 4.90 Å². The molecular weight excluding hydrogens is 486 g/mol. The number of hydrogen-bond donors (Lipinski definition) is 4. The van der Waals surface area contributed by atoms with E-state index in [0.29, 0.717) is 16.3 Å². The molecule has 0 radical (unpaired) electrons. The Hall–Kier alpha value is -3.43. The molecule has 1 aromatic rings. The van der Waals surface area contributed by atoms with Gasteiger partial charge < -0.3 is 10.0 Å². The summed E-state index contributed by atoms with van der Waals surface area (Å²) in [5.41, 5.74) is 4.88. The van der Waals surface area contributed by atoms with Gasteiger partial charge in [-0.1, -0.05) is 12.1 Å². The predicted octanol–water partition coefficient (Wildman–Crippen LogP) is 0.662. The molecule has 2 saturated heterocycles. The van der Waals surface area contributed by atoms with Crippen molar-refractivity contribution in [2.75, 3.05) is 11.4 Å². The van der Waals surface area contributed by atoms with Gasteiger partial charge in [0.1, 0.15) is 6.04 Å². The molecule has 2 atom stereocenters. The number of hydrogen-bond acceptors (Lipinski definition) is 7. The van der Waals surface area contributed by atoms with Crippen LogP contribution in [0.4, 0.5) is 15.3 Å². The summed E-state index contributed by atoms with van der Waals surface area (Å²) in [7, 11) is -4.90. The lowest BCUT2D eigenvalue weighted by molar-refractivity contribution is -0.131. The number of piperidine rings is 1. The van der Waals surface area contributed by atoms with Crippen LogP contribution in [0, 0.1) is 0 Å². The second kappa shape index (κ2) is 9.67. The van der Waals surface area contributed by atoms with Gasteiger partial charge in [-0.15, -0.1) is 4.28 Å². The van der Waals surface area contributed by atoms with Crippen LogP contribution in [0.3, 0.4) is 0 Å². The maximum atomic E-state index is 12.5. The number of amides is 5. The molecule has 5 amide bonds. The molecule has 1 aromatic carbocycles. The molecule has 2 heterocycles. The summed E-state index contributed by atoms with van der Waals surface area (Å²) in [5.74, 6) is -1.22. The molecule has 0 aliphatic carbocycles. The molecule has 0 aromatic heterocycles. The average molecular weight is 514 g/mol. The number of carbonyl (C=O) groups excluding carboxylic acids is 3. The largest absolute Gasteiger partial charge is 0.465 e. The van der Waals surface area contributed by atoms with Crippen molar-refractivity contribution in [3.05, 3.63) is 29.8 Å². The fourth-order valence-corrected chi connectivity index (χ4v) is 4.48. The van der Waals surface area contributed by atoms with Crippen LogP contribution < -0.4 is 15.8 Å². The van der Waals surface area contributed by atoms with Crippen molar-refractivity contribution in [2.24, 2.45) is 0 Å². The van der Waals surface area contributed by atoms with Crippen LogP contribution in [-0.4, -0.2) is 76.1 Å². The molecule has 0 spiro atoms. The Bertz CT molecular complexity index is 1120. The summed E-state index contributed by atoms with van der Waals surface area (Å²) in [5, 5.41) is 10.00. The van der Waals surface area contributed by atoms with Gasteiger partial charge in [0.05, 0.1) is 12.5 Å². The summed E-state index contributed by atoms with van der Waals surface area (Å²) in [6, 6.07) is 3.88. The Labute approximate surface area is 201 Å². The van der Waals surface area contributed by atoms with E-state index in [9.17, 15) is 32.7 Å². The molecule has 0 unspecified atom stereocenters. The summed E-state index contributed by atoms with van der Waals surface area (Å²) >= 11 is 0. The smallest absolute Gasteiger partial charge is 0.418 e. The van der Waals surface area contributed by atoms with Crippen molar-refractivity contribution < 1.29 is 41.5 Å². The maximum absolute atomic E-state index is 12.5. The molecule has 4 N–H and O–H groups in total. The van der Waals surface area contributed by atoms with E-state index in [4.69, 9.17) is 4.55 Å². The minimum atomic E-state index is -4.90. The van der Waals surface area contributed by atoms with Crippen molar-refractivity contribution in [1.82, 2.24) is 20.8 Å². The first-order valence-corrected chi connectivity index (χ1v) is 12.0. The van der Waals surface area contributed by atoms with Crippen LogP contribution in [0.5, 0.6) is 0 Å². The molecular formula is C20H27N5O9S. The number of hydrazine groups is 1. The van der Waals surface area contributed by atoms with Crippen molar-refractivity contribution in [2.45, 2.75) is 57.7 Å². The molecule has 15 heteroatoms. The topological polar surface area (TPSA) is 186 Å². The normalized spacial score (nSPS) is 19.9. The number of hydroxylamine groups is 2. The third-order valence-electron chi connectivity index (χ3n) is 5.55. The summed E-state index contributed by atoms with van der Waals surface area (Å²) in [6.45, 7) is 5.29. The van der Waals surface area contributed by atoms with Gasteiger partial charge in [-0.25, -0.2) is 9.59 Å². The van der Waals surface area contributed by atoms with Crippen molar-refractivity contribution in [3.8, 4) is 0 Å². The lowest BCUT2D eigenvalue weighted by atomic mass is 10.0. The van der Waals surface area contributed by atoms with Gasteiger partial charge >= 0.3 is 22.5 Å². The quantitative estimate of drug-likeness (QED) is 0.313. The predicted molar refractivity (Wildman–Crippen MR) is 120 cm³/mol. The third kappa shape index (κ3) is 6.17. The number of rotatable bonds is 6. The lowest BCUT2D eigenvalue weighted by Crippen LogP contribution is -2.54. The van der Waals surface area contributed by atoms with Crippen molar-refractivity contribution in [3.63, 3.8) is 0 Å². The monoisotopic (exact) mass is 513 g/mol. The van der Waals surface area contributed by atoms with E-state index in [1.165, 1.54) is 4.90 Å². The average Bonchev–Trinajstić information content (AvgIpc) is 2.95. The van der Waals surface area contributed by atoms with Gasteiger partial charge in [0, 0.05) is 17.8 Å². The fraction of sp³-hybridized carbons (Fsp3) is 0.500. The zero-order valence-electron chi connectivity index (χ0n) is 19.3. The number of anilines is 1. The molecule has 2 fully saturated rings. The number of urea groups is 1. The minimum Gasteiger partial charge on any atom is -0.465 e. The van der Waals surface area contributed by atoms with Gasteiger partial charge in [-0.05, 0) is 51.3 Å². The van der Waals surface area contributed by atoms with Crippen molar-refractivity contribution in [1.29, 1.82) is 0 Å². The molecule has 14 nitrogen and oxygen atoms in total. The third-order valence-corrected chi connectivity index (χ3v) is 5.90. The molecule has 0 saturated carbocycles. The Morgan fingerprint density at radius 3 is 2.31 bits per heavy atom. The highest BCUT2D eigenvalue weighted by atomic mass is 32.3. The van der Waals surface area contributed by atoms with Crippen LogP contribution in [0.2, 0.25) is 0 Å². The van der Waals surface area contributed by atoms with Gasteiger partial charge in [0.2, 0.25) is 5.91 Å². The summed E-state index contributed by atoms with van der Waals surface area (Å²) in [6.07, 6.45) is -0.769. The van der Waals surface area contributed by atoms with Crippen LogP contribution in [0.25, 0.3) is 0 Å². The van der Waals surface area contributed by atoms with E-state index < -0.39 is 52.0 Å². The lowest BCUT2D eigenvalue weighted by Gasteiger charge is -2.33. The van der Waals surface area contributed by atoms with Crippen LogP contribution in [-0.2, 0) is 30.7 Å². The summed E-state index contributed by atoms with van der Waals surface area (Å²) in [4.78, 5) is 51.1. The number of nitrogens with zero attached hydrogens (tertiary/aromatic N) is 3. The maximum Gasteiger partial charge on any atom is 0.418 e. The van der Waals surface area contributed by atoms with E-state index >= 15 is 0 Å². The first-order chi connectivity index (χ1) is 16.2. The van der Waals surface area contributed by atoms with E-state index in [1.807, 2.05) is 0 Å². The Balaban J connectivity index is 1.54. The van der Waals surface area contributed by atoms with Crippen molar-refractivity contribution >= 4 is 40.0 Å². The Kier molecular flexibility index (Phi) is 7.23. The van der Waals surface area contributed by atoms with Gasteiger partial charge in [-0.3, -0.25) is 29.9 Å². The summed E-state index contributed by atoms with van der Waals surface area (Å²) < 4.78 is 35.1. The van der Waals surface area contributed by atoms with Crippen LogP contribution in [0.15, 0.2) is 24.3 Å². The highest BCUT2D eigenvalue weighted by molar-refractivity contribution is 7.80. The van der Waals surface area contributed by atoms with E-state index in [1.54, 1.807) is 45.0 Å².